The molecule has 70 valence electrons. The Bertz CT molecular complexity index is 146. The van der Waals surface area contributed by atoms with E-state index in [0.717, 1.165) is 6.42 Å². The summed E-state index contributed by atoms with van der Waals surface area (Å²) in [7, 11) is 0. The van der Waals surface area contributed by atoms with E-state index in [2.05, 4.69) is 0 Å². The number of ether oxygens (including phenoxy) is 3. The maximum absolute atomic E-state index is 11.1. The molecule has 0 aromatic carbocycles. The van der Waals surface area contributed by atoms with E-state index in [-0.39, 0.29) is 12.4 Å². The minimum absolute atomic E-state index is 0.106. The molecule has 1 rings (SSSR count). The number of ketones is 1. The fourth-order valence-corrected chi connectivity index (χ4v) is 0.914. The maximum Gasteiger partial charge on any atom is 0.220 e. The highest BCUT2D eigenvalue weighted by Gasteiger charge is 2.21. The van der Waals surface area contributed by atoms with Gasteiger partial charge in [-0.3, -0.25) is 4.79 Å². The molecule has 0 saturated carbocycles. The number of carbonyl (C=O) groups is 1. The molecule has 1 aliphatic rings. The van der Waals surface area contributed by atoms with Gasteiger partial charge in [0.25, 0.3) is 0 Å². The third-order valence-corrected chi connectivity index (χ3v) is 1.48. The minimum atomic E-state index is -0.701. The van der Waals surface area contributed by atoms with Gasteiger partial charge < -0.3 is 14.2 Å². The Morgan fingerprint density at radius 1 is 1.58 bits per heavy atom. The van der Waals surface area contributed by atoms with Crippen LogP contribution in [0.1, 0.15) is 13.3 Å². The first-order chi connectivity index (χ1) is 5.84. The molecule has 1 unspecified atom stereocenters. The summed E-state index contributed by atoms with van der Waals surface area (Å²) < 4.78 is 15.3. The van der Waals surface area contributed by atoms with E-state index in [4.69, 9.17) is 14.2 Å². The van der Waals surface area contributed by atoms with E-state index in [1.807, 2.05) is 6.92 Å². The highest BCUT2D eigenvalue weighted by atomic mass is 16.7. The highest BCUT2D eigenvalue weighted by molar-refractivity contribution is 5.83. The van der Waals surface area contributed by atoms with Crippen LogP contribution in [0.4, 0.5) is 0 Å². The van der Waals surface area contributed by atoms with E-state index in [9.17, 15) is 4.79 Å². The highest BCUT2D eigenvalue weighted by Crippen LogP contribution is 2.02. The lowest BCUT2D eigenvalue weighted by Gasteiger charge is -2.12. The van der Waals surface area contributed by atoms with Crippen molar-refractivity contribution >= 4 is 5.78 Å². The molecule has 0 aromatic rings. The van der Waals surface area contributed by atoms with Crippen molar-refractivity contribution in [2.24, 2.45) is 0 Å². The standard InChI is InChI=1S/C8H14O4/c1-2-3-11-8-7(9)6-10-4-5-12-8/h8H,2-6H2,1H3. The van der Waals surface area contributed by atoms with Crippen molar-refractivity contribution < 1.29 is 19.0 Å². The lowest BCUT2D eigenvalue weighted by atomic mass is 10.4. The summed E-state index contributed by atoms with van der Waals surface area (Å²) in [5.74, 6) is -0.124. The maximum atomic E-state index is 11.1. The summed E-state index contributed by atoms with van der Waals surface area (Å²) in [5, 5.41) is 0. The third-order valence-electron chi connectivity index (χ3n) is 1.48. The summed E-state index contributed by atoms with van der Waals surface area (Å²) in [6.07, 6.45) is 0.181. The molecule has 4 nitrogen and oxygen atoms in total. The van der Waals surface area contributed by atoms with Crippen LogP contribution in [0.5, 0.6) is 0 Å². The van der Waals surface area contributed by atoms with Crippen LogP contribution in [-0.2, 0) is 19.0 Å². The van der Waals surface area contributed by atoms with Crippen LogP contribution in [0.3, 0.4) is 0 Å². The van der Waals surface area contributed by atoms with Crippen molar-refractivity contribution in [1.82, 2.24) is 0 Å². The van der Waals surface area contributed by atoms with Gasteiger partial charge in [0.05, 0.1) is 13.2 Å². The Labute approximate surface area is 71.8 Å². The van der Waals surface area contributed by atoms with Crippen molar-refractivity contribution in [3.63, 3.8) is 0 Å². The second-order valence-corrected chi connectivity index (χ2v) is 2.59. The first kappa shape index (κ1) is 9.64. The van der Waals surface area contributed by atoms with Gasteiger partial charge in [-0.15, -0.1) is 0 Å². The topological polar surface area (TPSA) is 44.8 Å². The molecule has 1 aliphatic heterocycles. The monoisotopic (exact) mass is 174 g/mol. The lowest BCUT2D eigenvalue weighted by molar-refractivity contribution is -0.165. The number of Topliss-reactive ketones (excluding diaryl/α,β-unsaturated/α-hetero) is 1. The molecular formula is C8H14O4. The van der Waals surface area contributed by atoms with Crippen LogP contribution >= 0.6 is 0 Å². The van der Waals surface area contributed by atoms with Gasteiger partial charge in [-0.05, 0) is 6.42 Å². The zero-order valence-corrected chi connectivity index (χ0v) is 7.25. The summed E-state index contributed by atoms with van der Waals surface area (Å²) in [6, 6.07) is 0. The smallest absolute Gasteiger partial charge is 0.220 e. The lowest BCUT2D eigenvalue weighted by Crippen LogP contribution is -2.28. The summed E-state index contributed by atoms with van der Waals surface area (Å²) in [4.78, 5) is 11.1. The van der Waals surface area contributed by atoms with E-state index < -0.39 is 6.29 Å². The quantitative estimate of drug-likeness (QED) is 0.619. The molecular weight excluding hydrogens is 160 g/mol. The third kappa shape index (κ3) is 2.89. The Morgan fingerprint density at radius 2 is 2.42 bits per heavy atom. The molecule has 1 atom stereocenters. The molecule has 1 fully saturated rings. The Hall–Kier alpha value is -0.450. The van der Waals surface area contributed by atoms with E-state index in [0.29, 0.717) is 19.8 Å². The summed E-state index contributed by atoms with van der Waals surface area (Å²) in [6.45, 7) is 3.54. The predicted molar refractivity (Wildman–Crippen MR) is 41.8 cm³/mol. The number of rotatable bonds is 3. The first-order valence-electron chi connectivity index (χ1n) is 4.18. The summed E-state index contributed by atoms with van der Waals surface area (Å²) >= 11 is 0. The van der Waals surface area contributed by atoms with Gasteiger partial charge >= 0.3 is 0 Å². The molecule has 4 heteroatoms. The van der Waals surface area contributed by atoms with Crippen molar-refractivity contribution in [2.45, 2.75) is 19.6 Å². The molecule has 0 N–H and O–H groups in total. The van der Waals surface area contributed by atoms with Crippen LogP contribution in [-0.4, -0.2) is 38.5 Å². The fraction of sp³-hybridized carbons (Fsp3) is 0.875. The van der Waals surface area contributed by atoms with Gasteiger partial charge in [0.1, 0.15) is 6.61 Å². The molecule has 0 aliphatic carbocycles. The molecule has 12 heavy (non-hydrogen) atoms. The Kier molecular flexibility index (Phi) is 4.21. The second kappa shape index (κ2) is 5.24. The summed E-state index contributed by atoms with van der Waals surface area (Å²) in [5.41, 5.74) is 0. The van der Waals surface area contributed by atoms with Crippen LogP contribution in [0, 0.1) is 0 Å². The van der Waals surface area contributed by atoms with Crippen molar-refractivity contribution in [1.29, 1.82) is 0 Å². The largest absolute Gasteiger partial charge is 0.371 e. The zero-order valence-electron chi connectivity index (χ0n) is 7.25. The molecule has 0 bridgehead atoms. The molecule has 0 amide bonds. The van der Waals surface area contributed by atoms with Gasteiger partial charge in [0.15, 0.2) is 0 Å². The van der Waals surface area contributed by atoms with Crippen molar-refractivity contribution in [3.05, 3.63) is 0 Å². The molecule has 1 heterocycles. The predicted octanol–water partition coefficient (Wildman–Crippen LogP) is 0.355. The Balaban J connectivity index is 2.31. The number of hydrogen-bond donors (Lipinski definition) is 0. The molecule has 0 aromatic heterocycles. The van der Waals surface area contributed by atoms with E-state index in [1.54, 1.807) is 0 Å². The van der Waals surface area contributed by atoms with Crippen LogP contribution in [0.15, 0.2) is 0 Å². The molecule has 0 spiro atoms. The van der Waals surface area contributed by atoms with E-state index in [1.165, 1.54) is 0 Å². The normalized spacial score (nSPS) is 25.4. The van der Waals surface area contributed by atoms with Gasteiger partial charge in [-0.2, -0.15) is 0 Å². The van der Waals surface area contributed by atoms with Gasteiger partial charge in [0.2, 0.25) is 12.1 Å². The van der Waals surface area contributed by atoms with Crippen molar-refractivity contribution in [3.8, 4) is 0 Å². The van der Waals surface area contributed by atoms with Gasteiger partial charge in [-0.1, -0.05) is 6.92 Å². The van der Waals surface area contributed by atoms with E-state index >= 15 is 0 Å². The van der Waals surface area contributed by atoms with Crippen LogP contribution in [0.2, 0.25) is 0 Å². The zero-order chi connectivity index (χ0) is 8.81. The average Bonchev–Trinajstić information content (AvgIpc) is 2.27. The Morgan fingerprint density at radius 3 is 3.17 bits per heavy atom. The minimum Gasteiger partial charge on any atom is -0.371 e. The van der Waals surface area contributed by atoms with Crippen LogP contribution < -0.4 is 0 Å². The van der Waals surface area contributed by atoms with Gasteiger partial charge in [0, 0.05) is 6.61 Å². The average molecular weight is 174 g/mol. The number of hydrogen-bond acceptors (Lipinski definition) is 4. The SMILES string of the molecule is CCCOC1OCCOCC1=O. The fourth-order valence-electron chi connectivity index (χ4n) is 0.914. The first-order valence-corrected chi connectivity index (χ1v) is 4.18. The molecule has 1 saturated heterocycles. The van der Waals surface area contributed by atoms with Crippen molar-refractivity contribution in [2.75, 3.05) is 26.4 Å². The molecule has 0 radical (unpaired) electrons. The van der Waals surface area contributed by atoms with Gasteiger partial charge in [-0.25, -0.2) is 0 Å². The second-order valence-electron chi connectivity index (χ2n) is 2.59. The number of carbonyl (C=O) groups excluding carboxylic acids is 1. The van der Waals surface area contributed by atoms with Crippen LogP contribution in [0.25, 0.3) is 0 Å².